The Balaban J connectivity index is 1.97. The smallest absolute Gasteiger partial charge is 0.226 e. The lowest BCUT2D eigenvalue weighted by molar-refractivity contribution is -0.139. The molecule has 0 aromatic heterocycles. The SMILES string of the molecule is COc1cc2c(cc1OC)C(C(C)C)N(C(=O)C(C)C1CC1)CC2. The Morgan fingerprint density at radius 2 is 1.75 bits per heavy atom. The van der Waals surface area contributed by atoms with Crippen LogP contribution in [0.25, 0.3) is 0 Å². The fraction of sp³-hybridized carbons (Fsp3) is 0.650. The average Bonchev–Trinajstić information content (AvgIpc) is 3.42. The van der Waals surface area contributed by atoms with Gasteiger partial charge in [-0.1, -0.05) is 20.8 Å². The van der Waals surface area contributed by atoms with Gasteiger partial charge < -0.3 is 14.4 Å². The first-order chi connectivity index (χ1) is 11.5. The summed E-state index contributed by atoms with van der Waals surface area (Å²) >= 11 is 0. The molecule has 0 spiro atoms. The van der Waals surface area contributed by atoms with E-state index in [-0.39, 0.29) is 12.0 Å². The molecule has 0 bridgehead atoms. The Bertz CT molecular complexity index is 622. The summed E-state index contributed by atoms with van der Waals surface area (Å²) in [4.78, 5) is 15.2. The molecule has 0 radical (unpaired) electrons. The van der Waals surface area contributed by atoms with Gasteiger partial charge in [0.25, 0.3) is 0 Å². The molecule has 1 aromatic carbocycles. The molecule has 1 fully saturated rings. The number of benzene rings is 1. The van der Waals surface area contributed by atoms with Gasteiger partial charge in [0.15, 0.2) is 11.5 Å². The molecule has 1 heterocycles. The zero-order chi connectivity index (χ0) is 17.4. The van der Waals surface area contributed by atoms with Gasteiger partial charge >= 0.3 is 0 Å². The van der Waals surface area contributed by atoms with Crippen molar-refractivity contribution in [3.8, 4) is 11.5 Å². The Morgan fingerprint density at radius 1 is 1.12 bits per heavy atom. The molecule has 1 saturated carbocycles. The number of ether oxygens (including phenoxy) is 2. The molecule has 24 heavy (non-hydrogen) atoms. The third kappa shape index (κ3) is 2.99. The molecule has 2 unspecified atom stereocenters. The average molecular weight is 331 g/mol. The van der Waals surface area contributed by atoms with Gasteiger partial charge in [-0.15, -0.1) is 0 Å². The van der Waals surface area contributed by atoms with Gasteiger partial charge in [0.1, 0.15) is 0 Å². The summed E-state index contributed by atoms with van der Waals surface area (Å²) in [7, 11) is 3.33. The van der Waals surface area contributed by atoms with Crippen LogP contribution in [-0.4, -0.2) is 31.6 Å². The standard InChI is InChI=1S/C20H29NO3/c1-12(2)19-16-11-18(24-5)17(23-4)10-15(16)8-9-21(19)20(22)13(3)14-6-7-14/h10-14,19H,6-9H2,1-5H3. The second-order valence-corrected chi connectivity index (χ2v) is 7.50. The molecule has 4 nitrogen and oxygen atoms in total. The normalized spacial score (nSPS) is 21.4. The van der Waals surface area contributed by atoms with E-state index in [1.54, 1.807) is 14.2 Å². The number of methoxy groups -OCH3 is 2. The lowest BCUT2D eigenvalue weighted by Crippen LogP contribution is -2.45. The highest BCUT2D eigenvalue weighted by Gasteiger charge is 2.40. The zero-order valence-electron chi connectivity index (χ0n) is 15.5. The summed E-state index contributed by atoms with van der Waals surface area (Å²) in [5.74, 6) is 2.93. The van der Waals surface area contributed by atoms with Crippen LogP contribution in [0.1, 0.15) is 50.8 Å². The second kappa shape index (κ2) is 6.66. The molecule has 4 heteroatoms. The maximum Gasteiger partial charge on any atom is 0.226 e. The lowest BCUT2D eigenvalue weighted by Gasteiger charge is -2.41. The number of carbonyl (C=O) groups is 1. The van der Waals surface area contributed by atoms with Crippen molar-refractivity contribution in [1.29, 1.82) is 0 Å². The summed E-state index contributed by atoms with van der Waals surface area (Å²) in [6.45, 7) is 7.28. The minimum atomic E-state index is 0.113. The highest BCUT2D eigenvalue weighted by Crippen LogP contribution is 2.43. The fourth-order valence-corrected chi connectivity index (χ4v) is 4.00. The van der Waals surface area contributed by atoms with E-state index in [4.69, 9.17) is 9.47 Å². The van der Waals surface area contributed by atoms with Crippen LogP contribution in [0.4, 0.5) is 0 Å². The Kier molecular flexibility index (Phi) is 4.75. The van der Waals surface area contributed by atoms with Crippen molar-refractivity contribution in [3.05, 3.63) is 23.3 Å². The maximum atomic E-state index is 13.1. The Hall–Kier alpha value is -1.71. The summed E-state index contributed by atoms with van der Waals surface area (Å²) in [6.07, 6.45) is 3.28. The number of hydrogen-bond donors (Lipinski definition) is 0. The largest absolute Gasteiger partial charge is 0.493 e. The Morgan fingerprint density at radius 3 is 2.29 bits per heavy atom. The van der Waals surface area contributed by atoms with Gasteiger partial charge in [0, 0.05) is 12.5 Å². The van der Waals surface area contributed by atoms with E-state index in [1.165, 1.54) is 24.0 Å². The van der Waals surface area contributed by atoms with E-state index in [0.29, 0.717) is 17.7 Å². The van der Waals surface area contributed by atoms with Crippen molar-refractivity contribution >= 4 is 5.91 Å². The third-order valence-electron chi connectivity index (χ3n) is 5.56. The summed E-state index contributed by atoms with van der Waals surface area (Å²) in [6, 6.07) is 4.26. The molecule has 0 N–H and O–H groups in total. The minimum absolute atomic E-state index is 0.113. The van der Waals surface area contributed by atoms with E-state index in [2.05, 4.69) is 37.8 Å². The predicted molar refractivity (Wildman–Crippen MR) is 94.4 cm³/mol. The van der Waals surface area contributed by atoms with E-state index in [9.17, 15) is 4.79 Å². The van der Waals surface area contributed by atoms with Gasteiger partial charge in [0.2, 0.25) is 5.91 Å². The second-order valence-electron chi connectivity index (χ2n) is 7.50. The molecule has 1 aliphatic carbocycles. The van der Waals surface area contributed by atoms with E-state index in [1.807, 2.05) is 0 Å². The molecule has 1 aromatic rings. The first-order valence-electron chi connectivity index (χ1n) is 9.03. The maximum absolute atomic E-state index is 13.1. The first-order valence-corrected chi connectivity index (χ1v) is 9.03. The van der Waals surface area contributed by atoms with E-state index < -0.39 is 0 Å². The fourth-order valence-electron chi connectivity index (χ4n) is 4.00. The van der Waals surface area contributed by atoms with Crippen molar-refractivity contribution in [2.24, 2.45) is 17.8 Å². The molecule has 3 rings (SSSR count). The topological polar surface area (TPSA) is 38.8 Å². The van der Waals surface area contributed by atoms with Crippen LogP contribution < -0.4 is 9.47 Å². The molecule has 132 valence electrons. The van der Waals surface area contributed by atoms with Crippen molar-refractivity contribution in [1.82, 2.24) is 4.90 Å². The molecule has 1 amide bonds. The molecule has 2 atom stereocenters. The number of nitrogens with zero attached hydrogens (tertiary/aromatic N) is 1. The molecule has 1 aliphatic heterocycles. The first kappa shape index (κ1) is 17.1. The molecule has 0 saturated heterocycles. The van der Waals surface area contributed by atoms with Gasteiger partial charge in [-0.05, 0) is 54.4 Å². The summed E-state index contributed by atoms with van der Waals surface area (Å²) in [5.41, 5.74) is 2.49. The number of rotatable bonds is 5. The van der Waals surface area contributed by atoms with E-state index in [0.717, 1.165) is 24.5 Å². The van der Waals surface area contributed by atoms with Crippen molar-refractivity contribution in [2.75, 3.05) is 20.8 Å². The van der Waals surface area contributed by atoms with Crippen LogP contribution in [-0.2, 0) is 11.2 Å². The van der Waals surface area contributed by atoms with Gasteiger partial charge in [-0.2, -0.15) is 0 Å². The van der Waals surface area contributed by atoms with Gasteiger partial charge in [-0.3, -0.25) is 4.79 Å². The van der Waals surface area contributed by atoms with Crippen LogP contribution in [0.3, 0.4) is 0 Å². The van der Waals surface area contributed by atoms with Crippen LogP contribution in [0.5, 0.6) is 11.5 Å². The highest BCUT2D eigenvalue weighted by molar-refractivity contribution is 5.80. The van der Waals surface area contributed by atoms with Crippen molar-refractivity contribution < 1.29 is 14.3 Å². The zero-order valence-corrected chi connectivity index (χ0v) is 15.5. The van der Waals surface area contributed by atoms with Crippen LogP contribution in [0.2, 0.25) is 0 Å². The Labute approximate surface area is 145 Å². The molecular weight excluding hydrogens is 302 g/mol. The highest BCUT2D eigenvalue weighted by atomic mass is 16.5. The molecular formula is C20H29NO3. The molecule has 2 aliphatic rings. The summed E-state index contributed by atoms with van der Waals surface area (Å²) in [5, 5.41) is 0. The number of amides is 1. The van der Waals surface area contributed by atoms with Crippen LogP contribution >= 0.6 is 0 Å². The summed E-state index contributed by atoms with van der Waals surface area (Å²) < 4.78 is 10.9. The quantitative estimate of drug-likeness (QED) is 0.823. The minimum Gasteiger partial charge on any atom is -0.493 e. The monoisotopic (exact) mass is 331 g/mol. The van der Waals surface area contributed by atoms with E-state index >= 15 is 0 Å². The van der Waals surface area contributed by atoms with Crippen LogP contribution in [0, 0.1) is 17.8 Å². The number of fused-ring (bicyclic) bond motifs is 1. The predicted octanol–water partition coefficient (Wildman–Crippen LogP) is 3.83. The van der Waals surface area contributed by atoms with Gasteiger partial charge in [-0.25, -0.2) is 0 Å². The lowest BCUT2D eigenvalue weighted by atomic mass is 9.84. The third-order valence-corrected chi connectivity index (χ3v) is 5.56. The number of hydrogen-bond acceptors (Lipinski definition) is 3. The van der Waals surface area contributed by atoms with Crippen molar-refractivity contribution in [3.63, 3.8) is 0 Å². The van der Waals surface area contributed by atoms with Crippen LogP contribution in [0.15, 0.2) is 12.1 Å². The number of carbonyl (C=O) groups excluding carboxylic acids is 1. The van der Waals surface area contributed by atoms with Gasteiger partial charge in [0.05, 0.1) is 20.3 Å². The van der Waals surface area contributed by atoms with Crippen molar-refractivity contribution in [2.45, 2.75) is 46.1 Å².